The van der Waals surface area contributed by atoms with Crippen LogP contribution in [0.25, 0.3) is 22.0 Å². The fourth-order valence-electron chi connectivity index (χ4n) is 5.05. The zero-order valence-electron chi connectivity index (χ0n) is 18.8. The lowest BCUT2D eigenvalue weighted by Crippen LogP contribution is -2.47. The van der Waals surface area contributed by atoms with Gasteiger partial charge in [-0.25, -0.2) is 14.8 Å². The molecule has 4 aromatic rings. The number of carbonyl (C=O) groups is 1. The van der Waals surface area contributed by atoms with E-state index in [1.165, 1.54) is 11.1 Å². The second kappa shape index (κ2) is 8.60. The Kier molecular flexibility index (Phi) is 5.46. The number of aryl methyl sites for hydroxylation is 1. The van der Waals surface area contributed by atoms with Gasteiger partial charge in [-0.3, -0.25) is 9.58 Å². The van der Waals surface area contributed by atoms with E-state index in [-0.39, 0.29) is 12.4 Å². The molecular weight excluding hydrogens is 428 g/mol. The van der Waals surface area contributed by atoms with Crippen molar-refractivity contribution in [3.05, 3.63) is 78.0 Å². The molecule has 0 atom stereocenters. The van der Waals surface area contributed by atoms with E-state index in [0.717, 1.165) is 40.4 Å². The van der Waals surface area contributed by atoms with Gasteiger partial charge in [0.05, 0.1) is 22.9 Å². The maximum absolute atomic E-state index is 12.5. The van der Waals surface area contributed by atoms with Crippen molar-refractivity contribution in [2.24, 2.45) is 7.05 Å². The molecule has 2 heterocycles. The van der Waals surface area contributed by atoms with Crippen molar-refractivity contribution in [1.82, 2.24) is 24.6 Å². The van der Waals surface area contributed by atoms with Crippen LogP contribution in [0.5, 0.6) is 0 Å². The van der Waals surface area contributed by atoms with Crippen LogP contribution < -0.4 is 0 Å². The lowest BCUT2D eigenvalue weighted by atomic mass is 9.90. The first-order valence-corrected chi connectivity index (χ1v) is 11.3. The van der Waals surface area contributed by atoms with Crippen LogP contribution in [-0.4, -0.2) is 35.8 Å². The standard InChI is InChI=1S/C26H24N6O2/c1-31-22-14-20(7-8-21(22)16-29-31)19-6-4-5-18(13-19)17-32(25(33)34)26(10-2-3-11-26)23-9-12-28-24(15-27)30-23/h4-9,12-14,16H,2-3,10-11,17H2,1H3,(H,33,34). The number of aromatic nitrogens is 4. The summed E-state index contributed by atoms with van der Waals surface area (Å²) in [5.41, 5.74) is 3.81. The average Bonchev–Trinajstić information content (AvgIpc) is 3.50. The highest BCUT2D eigenvalue weighted by atomic mass is 16.4. The summed E-state index contributed by atoms with van der Waals surface area (Å²) in [6.45, 7) is 0.225. The van der Waals surface area contributed by atoms with E-state index in [1.54, 1.807) is 6.07 Å². The summed E-state index contributed by atoms with van der Waals surface area (Å²) in [5, 5.41) is 24.9. The van der Waals surface area contributed by atoms with E-state index >= 15 is 0 Å². The molecule has 1 N–H and O–H groups in total. The molecule has 5 rings (SSSR count). The summed E-state index contributed by atoms with van der Waals surface area (Å²) >= 11 is 0. The van der Waals surface area contributed by atoms with Gasteiger partial charge in [-0.1, -0.05) is 43.2 Å². The minimum atomic E-state index is -0.999. The van der Waals surface area contributed by atoms with Gasteiger partial charge in [-0.05, 0) is 47.7 Å². The largest absolute Gasteiger partial charge is 0.465 e. The van der Waals surface area contributed by atoms with Crippen LogP contribution >= 0.6 is 0 Å². The number of rotatable bonds is 5. The van der Waals surface area contributed by atoms with Crippen molar-refractivity contribution in [1.29, 1.82) is 5.26 Å². The normalized spacial score (nSPS) is 14.7. The molecule has 0 saturated heterocycles. The van der Waals surface area contributed by atoms with E-state index in [2.05, 4.69) is 27.2 Å². The predicted molar refractivity (Wildman–Crippen MR) is 127 cm³/mol. The Bertz CT molecular complexity index is 1410. The predicted octanol–water partition coefficient (Wildman–Crippen LogP) is 4.85. The summed E-state index contributed by atoms with van der Waals surface area (Å²) in [5.74, 6) is 0.0571. The topological polar surface area (TPSA) is 108 Å². The zero-order valence-corrected chi connectivity index (χ0v) is 18.8. The molecule has 0 bridgehead atoms. The Morgan fingerprint density at radius 3 is 2.74 bits per heavy atom. The quantitative estimate of drug-likeness (QED) is 0.464. The van der Waals surface area contributed by atoms with Crippen molar-refractivity contribution in [3.63, 3.8) is 0 Å². The molecule has 1 aliphatic rings. The third kappa shape index (κ3) is 3.75. The van der Waals surface area contributed by atoms with Gasteiger partial charge < -0.3 is 5.11 Å². The molecule has 34 heavy (non-hydrogen) atoms. The number of hydrogen-bond donors (Lipinski definition) is 1. The molecular formula is C26H24N6O2. The average molecular weight is 453 g/mol. The Hall–Kier alpha value is -4.25. The highest BCUT2D eigenvalue weighted by Gasteiger charge is 2.45. The second-order valence-corrected chi connectivity index (χ2v) is 8.73. The lowest BCUT2D eigenvalue weighted by molar-refractivity contribution is 0.0672. The van der Waals surface area contributed by atoms with Gasteiger partial charge in [0.2, 0.25) is 5.82 Å². The fourth-order valence-corrected chi connectivity index (χ4v) is 5.05. The summed E-state index contributed by atoms with van der Waals surface area (Å²) in [4.78, 5) is 22.4. The Morgan fingerprint density at radius 1 is 1.18 bits per heavy atom. The highest BCUT2D eigenvalue weighted by molar-refractivity contribution is 5.84. The molecule has 1 amide bonds. The monoisotopic (exact) mass is 452 g/mol. The van der Waals surface area contributed by atoms with Crippen LogP contribution in [0.15, 0.2) is 60.9 Å². The summed E-state index contributed by atoms with van der Waals surface area (Å²) in [7, 11) is 1.92. The van der Waals surface area contributed by atoms with E-state index < -0.39 is 11.6 Å². The number of hydrogen-bond acceptors (Lipinski definition) is 5. The summed E-state index contributed by atoms with van der Waals surface area (Å²) in [6, 6.07) is 17.9. The van der Waals surface area contributed by atoms with Gasteiger partial charge in [-0.2, -0.15) is 10.4 Å². The third-order valence-electron chi connectivity index (χ3n) is 6.76. The number of amides is 1. The van der Waals surface area contributed by atoms with Gasteiger partial charge in [0.1, 0.15) is 6.07 Å². The molecule has 0 aliphatic heterocycles. The molecule has 2 aromatic carbocycles. The minimum absolute atomic E-state index is 0.0571. The molecule has 1 saturated carbocycles. The van der Waals surface area contributed by atoms with Gasteiger partial charge in [-0.15, -0.1) is 0 Å². The van der Waals surface area contributed by atoms with Crippen molar-refractivity contribution in [3.8, 4) is 17.2 Å². The molecule has 0 unspecified atom stereocenters. The number of carboxylic acid groups (broad SMARTS) is 1. The van der Waals surface area contributed by atoms with Crippen LogP contribution in [0, 0.1) is 11.3 Å². The Labute approximate surface area is 197 Å². The van der Waals surface area contributed by atoms with Gasteiger partial charge in [0.25, 0.3) is 0 Å². The Morgan fingerprint density at radius 2 is 1.97 bits per heavy atom. The number of nitrogens with zero attached hydrogens (tertiary/aromatic N) is 6. The first-order chi connectivity index (χ1) is 16.5. The molecule has 0 spiro atoms. The van der Waals surface area contributed by atoms with Crippen LogP contribution in [0.4, 0.5) is 4.79 Å². The first kappa shape index (κ1) is 21.6. The smallest absolute Gasteiger partial charge is 0.408 e. The number of benzene rings is 2. The van der Waals surface area contributed by atoms with Gasteiger partial charge >= 0.3 is 6.09 Å². The molecule has 8 heteroatoms. The van der Waals surface area contributed by atoms with Crippen LogP contribution in [0.1, 0.15) is 42.8 Å². The minimum Gasteiger partial charge on any atom is -0.465 e. The molecule has 170 valence electrons. The molecule has 2 aromatic heterocycles. The number of nitriles is 1. The molecule has 8 nitrogen and oxygen atoms in total. The van der Waals surface area contributed by atoms with Gasteiger partial charge in [0, 0.05) is 25.2 Å². The molecule has 1 fully saturated rings. The number of fused-ring (bicyclic) bond motifs is 1. The zero-order chi connectivity index (χ0) is 23.7. The van der Waals surface area contributed by atoms with E-state index in [9.17, 15) is 15.2 Å². The fraction of sp³-hybridized carbons (Fsp3) is 0.269. The molecule has 1 aliphatic carbocycles. The van der Waals surface area contributed by atoms with Crippen LogP contribution in [0.3, 0.4) is 0 Å². The summed E-state index contributed by atoms with van der Waals surface area (Å²) < 4.78 is 1.84. The Balaban J connectivity index is 1.51. The highest BCUT2D eigenvalue weighted by Crippen LogP contribution is 2.44. The molecule has 0 radical (unpaired) electrons. The SMILES string of the molecule is Cn1ncc2ccc(-c3cccc(CN(C(=O)O)C4(c5ccnc(C#N)n5)CCCC4)c3)cc21. The maximum atomic E-state index is 12.5. The van der Waals surface area contributed by atoms with Crippen molar-refractivity contribution in [2.45, 2.75) is 37.8 Å². The van der Waals surface area contributed by atoms with Crippen LogP contribution in [-0.2, 0) is 19.1 Å². The third-order valence-corrected chi connectivity index (χ3v) is 6.76. The van der Waals surface area contributed by atoms with Crippen molar-refractivity contribution in [2.75, 3.05) is 0 Å². The van der Waals surface area contributed by atoms with Crippen LogP contribution in [0.2, 0.25) is 0 Å². The van der Waals surface area contributed by atoms with E-state index in [1.807, 2.05) is 54.3 Å². The van der Waals surface area contributed by atoms with E-state index in [4.69, 9.17) is 0 Å². The first-order valence-electron chi connectivity index (χ1n) is 11.3. The van der Waals surface area contributed by atoms with E-state index in [0.29, 0.717) is 18.5 Å². The summed E-state index contributed by atoms with van der Waals surface area (Å²) in [6.07, 6.45) is 5.51. The maximum Gasteiger partial charge on any atom is 0.408 e. The van der Waals surface area contributed by atoms with Crippen molar-refractivity contribution >= 4 is 17.0 Å². The second-order valence-electron chi connectivity index (χ2n) is 8.73. The van der Waals surface area contributed by atoms with Gasteiger partial charge in [0.15, 0.2) is 0 Å². The lowest BCUT2D eigenvalue weighted by Gasteiger charge is -2.39. The van der Waals surface area contributed by atoms with Crippen molar-refractivity contribution < 1.29 is 9.90 Å².